The molecule has 1 heteroatoms. The van der Waals surface area contributed by atoms with Gasteiger partial charge in [-0.1, -0.05) is 45.8 Å². The summed E-state index contributed by atoms with van der Waals surface area (Å²) in [5.74, 6) is 0.766. The van der Waals surface area contributed by atoms with Crippen LogP contribution in [0.3, 0.4) is 0 Å². The predicted molar refractivity (Wildman–Crippen MR) is 74.5 cm³/mol. The summed E-state index contributed by atoms with van der Waals surface area (Å²) in [5, 5.41) is 0. The van der Waals surface area contributed by atoms with E-state index in [2.05, 4.69) is 47.6 Å². The van der Waals surface area contributed by atoms with Crippen LogP contribution in [0.4, 0.5) is 0 Å². The van der Waals surface area contributed by atoms with E-state index >= 15 is 0 Å². The van der Waals surface area contributed by atoms with Crippen LogP contribution in [0.15, 0.2) is 11.6 Å². The Morgan fingerprint density at radius 1 is 1.31 bits per heavy atom. The summed E-state index contributed by atoms with van der Waals surface area (Å²) < 4.78 is 0. The van der Waals surface area contributed by atoms with Gasteiger partial charge >= 0.3 is 0 Å². The maximum Gasteiger partial charge on any atom is 0.0224 e. The molecule has 1 nitrogen and oxygen atoms in total. The van der Waals surface area contributed by atoms with E-state index in [1.807, 2.05) is 0 Å². The number of allylic oxidation sites excluding steroid dienone is 1. The lowest BCUT2D eigenvalue weighted by Gasteiger charge is -2.33. The van der Waals surface area contributed by atoms with Crippen molar-refractivity contribution in [1.82, 2.24) is 0 Å². The van der Waals surface area contributed by atoms with E-state index in [1.54, 1.807) is 0 Å². The quantitative estimate of drug-likeness (QED) is 0.633. The summed E-state index contributed by atoms with van der Waals surface area (Å²) in [6, 6.07) is 0.202. The van der Waals surface area contributed by atoms with Crippen molar-refractivity contribution in [1.29, 1.82) is 0 Å². The summed E-state index contributed by atoms with van der Waals surface area (Å²) in [7, 11) is 0. The average Bonchev–Trinajstić information content (AvgIpc) is 2.12. The molecule has 0 saturated carbocycles. The Bertz CT molecular complexity index is 215. The van der Waals surface area contributed by atoms with Gasteiger partial charge in [0.25, 0.3) is 0 Å². The Labute approximate surface area is 102 Å². The second kappa shape index (κ2) is 7.11. The first kappa shape index (κ1) is 15.7. The number of hydrogen-bond acceptors (Lipinski definition) is 1. The van der Waals surface area contributed by atoms with Crippen molar-refractivity contribution < 1.29 is 0 Å². The van der Waals surface area contributed by atoms with E-state index < -0.39 is 0 Å². The lowest BCUT2D eigenvalue weighted by atomic mass is 9.73. The lowest BCUT2D eigenvalue weighted by molar-refractivity contribution is 0.228. The van der Waals surface area contributed by atoms with Gasteiger partial charge in [-0.2, -0.15) is 0 Å². The zero-order valence-corrected chi connectivity index (χ0v) is 12.1. The van der Waals surface area contributed by atoms with Crippen LogP contribution in [0, 0.1) is 11.3 Å². The Hall–Kier alpha value is -0.300. The number of rotatable bonds is 7. The first-order valence-electron chi connectivity index (χ1n) is 6.75. The molecule has 0 aliphatic rings. The molecule has 0 saturated heterocycles. The third kappa shape index (κ3) is 5.69. The normalized spacial score (nSPS) is 18.6. The summed E-state index contributed by atoms with van der Waals surface area (Å²) in [6.45, 7) is 13.5. The van der Waals surface area contributed by atoms with Crippen LogP contribution in [0.5, 0.6) is 0 Å². The van der Waals surface area contributed by atoms with Gasteiger partial charge < -0.3 is 5.73 Å². The van der Waals surface area contributed by atoms with E-state index in [0.717, 1.165) is 12.3 Å². The molecule has 0 aromatic rings. The van der Waals surface area contributed by atoms with Crippen LogP contribution in [0.1, 0.15) is 67.2 Å². The molecule has 0 amide bonds. The Morgan fingerprint density at radius 3 is 2.19 bits per heavy atom. The van der Waals surface area contributed by atoms with E-state index in [0.29, 0.717) is 5.41 Å². The highest BCUT2D eigenvalue weighted by molar-refractivity contribution is 5.10. The summed E-state index contributed by atoms with van der Waals surface area (Å²) in [4.78, 5) is 0. The van der Waals surface area contributed by atoms with Gasteiger partial charge in [0.2, 0.25) is 0 Å². The zero-order valence-electron chi connectivity index (χ0n) is 12.1. The first-order chi connectivity index (χ1) is 7.34. The molecule has 0 bridgehead atoms. The van der Waals surface area contributed by atoms with Crippen LogP contribution in [0.2, 0.25) is 0 Å². The number of hydrogen-bond donors (Lipinski definition) is 1. The largest absolute Gasteiger partial charge is 0.324 e. The molecular formula is C15H31N. The molecule has 0 radical (unpaired) electrons. The number of nitrogens with two attached hydrogens (primary N) is 1. The smallest absolute Gasteiger partial charge is 0.0224 e. The molecule has 16 heavy (non-hydrogen) atoms. The predicted octanol–water partition coefficient (Wildman–Crippen LogP) is 4.52. The van der Waals surface area contributed by atoms with Crippen molar-refractivity contribution in [3.8, 4) is 0 Å². The van der Waals surface area contributed by atoms with Gasteiger partial charge in [0.1, 0.15) is 0 Å². The third-order valence-corrected chi connectivity index (χ3v) is 3.34. The Morgan fingerprint density at radius 2 is 1.88 bits per heavy atom. The molecule has 96 valence electrons. The van der Waals surface area contributed by atoms with Gasteiger partial charge in [0.05, 0.1) is 0 Å². The van der Waals surface area contributed by atoms with Gasteiger partial charge in [-0.25, -0.2) is 0 Å². The molecule has 2 atom stereocenters. The molecule has 0 rings (SSSR count). The van der Waals surface area contributed by atoms with Gasteiger partial charge in [-0.3, -0.25) is 0 Å². The second-order valence-corrected chi connectivity index (χ2v) is 5.99. The zero-order chi connectivity index (χ0) is 12.8. The van der Waals surface area contributed by atoms with E-state index in [4.69, 9.17) is 5.73 Å². The molecular weight excluding hydrogens is 194 g/mol. The van der Waals surface area contributed by atoms with Gasteiger partial charge in [0, 0.05) is 6.04 Å². The average molecular weight is 225 g/mol. The minimum absolute atomic E-state index is 0.202. The molecule has 0 fully saturated rings. The van der Waals surface area contributed by atoms with Crippen LogP contribution in [-0.2, 0) is 0 Å². The Kier molecular flexibility index (Phi) is 6.98. The molecule has 0 aliphatic heterocycles. The maximum atomic E-state index is 6.01. The molecule has 0 aromatic carbocycles. The molecule has 0 aromatic heterocycles. The van der Waals surface area contributed by atoms with Crippen LogP contribution < -0.4 is 5.73 Å². The topological polar surface area (TPSA) is 26.0 Å². The molecule has 2 N–H and O–H groups in total. The van der Waals surface area contributed by atoms with E-state index in [1.165, 1.54) is 24.8 Å². The lowest BCUT2D eigenvalue weighted by Crippen LogP contribution is -2.26. The molecule has 0 aliphatic carbocycles. The highest BCUT2D eigenvalue weighted by Crippen LogP contribution is 2.38. The van der Waals surface area contributed by atoms with Crippen LogP contribution in [0.25, 0.3) is 0 Å². The van der Waals surface area contributed by atoms with Crippen molar-refractivity contribution in [2.45, 2.75) is 73.3 Å². The van der Waals surface area contributed by atoms with Crippen molar-refractivity contribution >= 4 is 0 Å². The summed E-state index contributed by atoms with van der Waals surface area (Å²) >= 11 is 0. The molecule has 2 unspecified atom stereocenters. The van der Waals surface area contributed by atoms with E-state index in [9.17, 15) is 0 Å². The SMILES string of the molecule is C/C=C(\CC(C)(CCC)CC(C)C)C(C)N. The van der Waals surface area contributed by atoms with Gasteiger partial charge in [0.15, 0.2) is 0 Å². The fourth-order valence-corrected chi connectivity index (χ4v) is 2.87. The third-order valence-electron chi connectivity index (χ3n) is 3.34. The minimum atomic E-state index is 0.202. The van der Waals surface area contributed by atoms with Crippen LogP contribution >= 0.6 is 0 Å². The molecule has 0 spiro atoms. The van der Waals surface area contributed by atoms with Crippen LogP contribution in [-0.4, -0.2) is 6.04 Å². The van der Waals surface area contributed by atoms with Crippen molar-refractivity contribution in [3.63, 3.8) is 0 Å². The first-order valence-corrected chi connectivity index (χ1v) is 6.75. The standard InChI is InChI=1S/C15H31N/c1-7-9-15(6,10-12(3)4)11-14(8-2)13(5)16/h8,12-13H,7,9-11,16H2,1-6H3/b14-8+. The fraction of sp³-hybridized carbons (Fsp3) is 0.867. The minimum Gasteiger partial charge on any atom is -0.324 e. The fourth-order valence-electron chi connectivity index (χ4n) is 2.87. The van der Waals surface area contributed by atoms with Crippen molar-refractivity contribution in [3.05, 3.63) is 11.6 Å². The van der Waals surface area contributed by atoms with E-state index in [-0.39, 0.29) is 6.04 Å². The van der Waals surface area contributed by atoms with Gasteiger partial charge in [-0.15, -0.1) is 0 Å². The summed E-state index contributed by atoms with van der Waals surface area (Å²) in [6.07, 6.45) is 7.23. The monoisotopic (exact) mass is 225 g/mol. The van der Waals surface area contributed by atoms with Crippen molar-refractivity contribution in [2.75, 3.05) is 0 Å². The molecule has 0 heterocycles. The Balaban J connectivity index is 4.65. The highest BCUT2D eigenvalue weighted by Gasteiger charge is 2.26. The summed E-state index contributed by atoms with van der Waals surface area (Å²) in [5.41, 5.74) is 7.86. The maximum absolute atomic E-state index is 6.01. The highest BCUT2D eigenvalue weighted by atomic mass is 14.6. The second-order valence-electron chi connectivity index (χ2n) is 5.99. The van der Waals surface area contributed by atoms with Crippen molar-refractivity contribution in [2.24, 2.45) is 17.1 Å². The van der Waals surface area contributed by atoms with Gasteiger partial charge in [-0.05, 0) is 44.4 Å².